The predicted molar refractivity (Wildman–Crippen MR) is 66.1 cm³/mol. The van der Waals surface area contributed by atoms with Gasteiger partial charge < -0.3 is 10.6 Å². The van der Waals surface area contributed by atoms with Gasteiger partial charge in [-0.05, 0) is 33.2 Å². The molecule has 17 heavy (non-hydrogen) atoms. The molecule has 0 spiro atoms. The Kier molecular flexibility index (Phi) is 4.51. The average Bonchev–Trinajstić information content (AvgIpc) is 2.63. The molecule has 7 heteroatoms. The molecule has 0 aromatic heterocycles. The van der Waals surface area contributed by atoms with E-state index in [2.05, 4.69) is 15.4 Å². The normalized spacial score (nSPS) is 21.5. The van der Waals surface area contributed by atoms with Crippen LogP contribution in [-0.2, 0) is 14.8 Å². The third kappa shape index (κ3) is 5.47. The van der Waals surface area contributed by atoms with Gasteiger partial charge in [-0.3, -0.25) is 4.79 Å². The van der Waals surface area contributed by atoms with Gasteiger partial charge in [0.05, 0.1) is 12.3 Å². The molecule has 1 atom stereocenters. The number of sulfonamides is 1. The number of amides is 1. The minimum Gasteiger partial charge on any atom is -0.353 e. The van der Waals surface area contributed by atoms with E-state index in [0.29, 0.717) is 0 Å². The molecule has 1 saturated heterocycles. The van der Waals surface area contributed by atoms with Crippen molar-refractivity contribution >= 4 is 15.9 Å². The fraction of sp³-hybridized carbons (Fsp3) is 0.900. The molecule has 0 unspecified atom stereocenters. The van der Waals surface area contributed by atoms with Crippen molar-refractivity contribution in [1.29, 1.82) is 0 Å². The lowest BCUT2D eigenvalue weighted by atomic mass is 10.1. The maximum atomic E-state index is 11.7. The lowest BCUT2D eigenvalue weighted by molar-refractivity contribution is -0.123. The molecule has 0 radical (unpaired) electrons. The quantitative estimate of drug-likeness (QED) is 0.605. The standard InChI is InChI=1S/C10H21N3O3S/c1-10(2,13-17(3,15)16)7-12-9(14)8-5-4-6-11-8/h8,11,13H,4-7H2,1-3H3,(H,12,14)/t8-/m0/s1. The summed E-state index contributed by atoms with van der Waals surface area (Å²) in [4.78, 5) is 11.7. The minimum absolute atomic E-state index is 0.0640. The van der Waals surface area contributed by atoms with Crippen LogP contribution in [0.3, 0.4) is 0 Å². The third-order valence-electron chi connectivity index (χ3n) is 2.54. The van der Waals surface area contributed by atoms with Crippen molar-refractivity contribution in [3.05, 3.63) is 0 Å². The highest BCUT2D eigenvalue weighted by molar-refractivity contribution is 7.88. The molecule has 0 aliphatic carbocycles. The van der Waals surface area contributed by atoms with Crippen molar-refractivity contribution in [3.63, 3.8) is 0 Å². The summed E-state index contributed by atoms with van der Waals surface area (Å²) in [5, 5.41) is 5.85. The van der Waals surface area contributed by atoms with Crippen molar-refractivity contribution in [1.82, 2.24) is 15.4 Å². The molecule has 3 N–H and O–H groups in total. The lowest BCUT2D eigenvalue weighted by Gasteiger charge is -2.26. The topological polar surface area (TPSA) is 87.3 Å². The monoisotopic (exact) mass is 263 g/mol. The van der Waals surface area contributed by atoms with E-state index in [4.69, 9.17) is 0 Å². The zero-order valence-corrected chi connectivity index (χ0v) is 11.4. The first-order chi connectivity index (χ1) is 7.70. The SMILES string of the molecule is CC(C)(CNC(=O)[C@@H]1CCCN1)NS(C)(=O)=O. The first-order valence-electron chi connectivity index (χ1n) is 5.70. The van der Waals surface area contributed by atoms with Crippen LogP contribution in [0.5, 0.6) is 0 Å². The van der Waals surface area contributed by atoms with Crippen LogP contribution in [0.2, 0.25) is 0 Å². The van der Waals surface area contributed by atoms with Gasteiger partial charge in [0.15, 0.2) is 0 Å². The van der Waals surface area contributed by atoms with Gasteiger partial charge in [-0.25, -0.2) is 13.1 Å². The summed E-state index contributed by atoms with van der Waals surface area (Å²) in [5.74, 6) is -0.0640. The number of hydrogen-bond acceptors (Lipinski definition) is 4. The third-order valence-corrected chi connectivity index (χ3v) is 3.47. The summed E-state index contributed by atoms with van der Waals surface area (Å²) in [7, 11) is -3.27. The van der Waals surface area contributed by atoms with E-state index >= 15 is 0 Å². The van der Waals surface area contributed by atoms with E-state index in [9.17, 15) is 13.2 Å². The van der Waals surface area contributed by atoms with Crippen molar-refractivity contribution in [2.24, 2.45) is 0 Å². The van der Waals surface area contributed by atoms with Gasteiger partial charge in [-0.2, -0.15) is 0 Å². The molecule has 0 bridgehead atoms. The van der Waals surface area contributed by atoms with Gasteiger partial charge >= 0.3 is 0 Å². The molecule has 0 aromatic carbocycles. The molecule has 1 aliphatic heterocycles. The second-order valence-electron chi connectivity index (χ2n) is 5.12. The number of carbonyl (C=O) groups is 1. The van der Waals surface area contributed by atoms with E-state index in [1.54, 1.807) is 13.8 Å². The minimum atomic E-state index is -3.27. The van der Waals surface area contributed by atoms with Crippen molar-refractivity contribution in [3.8, 4) is 0 Å². The second-order valence-corrected chi connectivity index (χ2v) is 6.87. The Hall–Kier alpha value is -0.660. The fourth-order valence-electron chi connectivity index (χ4n) is 1.88. The molecule has 1 heterocycles. The van der Waals surface area contributed by atoms with Crippen molar-refractivity contribution in [2.75, 3.05) is 19.3 Å². The summed E-state index contributed by atoms with van der Waals surface area (Å²) < 4.78 is 24.7. The first kappa shape index (κ1) is 14.4. The second kappa shape index (κ2) is 5.32. The van der Waals surface area contributed by atoms with Crippen LogP contribution >= 0.6 is 0 Å². The zero-order valence-electron chi connectivity index (χ0n) is 10.5. The Bertz CT molecular complexity index is 372. The molecule has 1 fully saturated rings. The molecule has 1 rings (SSSR count). The molecular weight excluding hydrogens is 242 g/mol. The Morgan fingerprint density at radius 1 is 1.47 bits per heavy atom. The fourth-order valence-corrected chi connectivity index (χ4v) is 2.95. The summed E-state index contributed by atoms with van der Waals surface area (Å²) in [5.41, 5.74) is -0.679. The number of hydrogen-bond donors (Lipinski definition) is 3. The van der Waals surface area contributed by atoms with E-state index in [-0.39, 0.29) is 18.5 Å². The Labute approximate surface area is 103 Å². The van der Waals surface area contributed by atoms with Gasteiger partial charge in [-0.15, -0.1) is 0 Å². The van der Waals surface area contributed by atoms with Crippen molar-refractivity contribution in [2.45, 2.75) is 38.3 Å². The highest BCUT2D eigenvalue weighted by atomic mass is 32.2. The summed E-state index contributed by atoms with van der Waals surface area (Å²) in [6.45, 7) is 4.60. The molecule has 6 nitrogen and oxygen atoms in total. The number of carbonyl (C=O) groups excluding carboxylic acids is 1. The Morgan fingerprint density at radius 2 is 2.12 bits per heavy atom. The zero-order chi connectivity index (χ0) is 13.1. The number of rotatable bonds is 5. The summed E-state index contributed by atoms with van der Waals surface area (Å²) in [6.07, 6.45) is 2.95. The van der Waals surface area contributed by atoms with Crippen molar-refractivity contribution < 1.29 is 13.2 Å². The van der Waals surface area contributed by atoms with Gasteiger partial charge in [0.2, 0.25) is 15.9 Å². The smallest absolute Gasteiger partial charge is 0.237 e. The molecular formula is C10H21N3O3S. The Morgan fingerprint density at radius 3 is 2.59 bits per heavy atom. The highest BCUT2D eigenvalue weighted by Gasteiger charge is 2.26. The van der Waals surface area contributed by atoms with Gasteiger partial charge in [0.25, 0.3) is 0 Å². The molecule has 100 valence electrons. The first-order valence-corrected chi connectivity index (χ1v) is 7.59. The number of nitrogens with one attached hydrogen (secondary N) is 3. The van der Waals surface area contributed by atoms with Gasteiger partial charge in [0, 0.05) is 12.1 Å². The van der Waals surface area contributed by atoms with Crippen LogP contribution in [0, 0.1) is 0 Å². The summed E-state index contributed by atoms with van der Waals surface area (Å²) in [6, 6.07) is -0.135. The van der Waals surface area contributed by atoms with E-state index in [1.807, 2.05) is 0 Å². The lowest BCUT2D eigenvalue weighted by Crippen LogP contribution is -2.53. The molecule has 1 aliphatic rings. The van der Waals surface area contributed by atoms with E-state index < -0.39 is 15.6 Å². The van der Waals surface area contributed by atoms with Crippen LogP contribution < -0.4 is 15.4 Å². The molecule has 1 amide bonds. The Balaban J connectivity index is 2.40. The maximum Gasteiger partial charge on any atom is 0.237 e. The maximum absolute atomic E-state index is 11.7. The van der Waals surface area contributed by atoms with Gasteiger partial charge in [0.1, 0.15) is 0 Å². The van der Waals surface area contributed by atoms with Crippen LogP contribution in [-0.4, -0.2) is 45.3 Å². The summed E-state index contributed by atoms with van der Waals surface area (Å²) >= 11 is 0. The highest BCUT2D eigenvalue weighted by Crippen LogP contribution is 2.06. The molecule has 0 saturated carbocycles. The largest absolute Gasteiger partial charge is 0.353 e. The predicted octanol–water partition coefficient (Wildman–Crippen LogP) is -0.818. The van der Waals surface area contributed by atoms with Gasteiger partial charge in [-0.1, -0.05) is 0 Å². The van der Waals surface area contributed by atoms with Crippen LogP contribution in [0.25, 0.3) is 0 Å². The van der Waals surface area contributed by atoms with Crippen LogP contribution in [0.15, 0.2) is 0 Å². The van der Waals surface area contributed by atoms with E-state index in [0.717, 1.165) is 25.6 Å². The molecule has 0 aromatic rings. The van der Waals surface area contributed by atoms with Crippen LogP contribution in [0.1, 0.15) is 26.7 Å². The average molecular weight is 263 g/mol. The van der Waals surface area contributed by atoms with Crippen LogP contribution in [0.4, 0.5) is 0 Å². The van der Waals surface area contributed by atoms with E-state index in [1.165, 1.54) is 0 Å².